The maximum atomic E-state index is 12.7. The van der Waals surface area contributed by atoms with Crippen molar-refractivity contribution in [2.75, 3.05) is 6.54 Å². The second kappa shape index (κ2) is 6.65. The maximum Gasteiger partial charge on any atom is 0.303 e. The van der Waals surface area contributed by atoms with Crippen LogP contribution in [0.4, 0.5) is 0 Å². The predicted molar refractivity (Wildman–Crippen MR) is 80.0 cm³/mol. The summed E-state index contributed by atoms with van der Waals surface area (Å²) in [6, 6.07) is 5.62. The number of halogens is 1. The van der Waals surface area contributed by atoms with E-state index in [1.807, 2.05) is 6.07 Å². The summed E-state index contributed by atoms with van der Waals surface area (Å²) < 4.78 is 26.8. The van der Waals surface area contributed by atoms with E-state index in [0.29, 0.717) is 19.4 Å². The van der Waals surface area contributed by atoms with E-state index in [9.17, 15) is 13.2 Å². The van der Waals surface area contributed by atoms with Gasteiger partial charge in [0.25, 0.3) is 0 Å². The first-order chi connectivity index (χ1) is 10.4. The highest BCUT2D eigenvalue weighted by molar-refractivity contribution is 7.89. The van der Waals surface area contributed by atoms with Crippen molar-refractivity contribution in [3.05, 3.63) is 28.8 Å². The molecule has 1 aliphatic heterocycles. The normalized spacial score (nSPS) is 19.0. The van der Waals surface area contributed by atoms with Crippen molar-refractivity contribution >= 4 is 27.6 Å². The Kier molecular flexibility index (Phi) is 5.06. The van der Waals surface area contributed by atoms with E-state index >= 15 is 0 Å². The van der Waals surface area contributed by atoms with Crippen LogP contribution in [0.5, 0.6) is 0 Å². The van der Waals surface area contributed by atoms with E-state index < -0.39 is 16.0 Å². The van der Waals surface area contributed by atoms with Crippen LogP contribution in [0.1, 0.15) is 31.2 Å². The minimum absolute atomic E-state index is 0.00272. The zero-order valence-corrected chi connectivity index (χ0v) is 13.3. The molecule has 0 spiro atoms. The first kappa shape index (κ1) is 16.7. The van der Waals surface area contributed by atoms with Gasteiger partial charge in [0, 0.05) is 19.0 Å². The molecule has 1 atom stereocenters. The molecule has 118 valence electrons. The van der Waals surface area contributed by atoms with Crippen LogP contribution in [-0.2, 0) is 14.8 Å². The van der Waals surface area contributed by atoms with Crippen molar-refractivity contribution in [3.8, 4) is 6.07 Å². The van der Waals surface area contributed by atoms with Crippen LogP contribution >= 0.6 is 11.6 Å². The summed E-state index contributed by atoms with van der Waals surface area (Å²) in [7, 11) is -3.79. The Morgan fingerprint density at radius 2 is 2.23 bits per heavy atom. The van der Waals surface area contributed by atoms with E-state index in [0.717, 1.165) is 0 Å². The second-order valence-electron chi connectivity index (χ2n) is 5.10. The SMILES string of the molecule is N#Cc1ccc(S(=O)(=O)N2CCCC2CCC(=O)O)c(Cl)c1. The molecular formula is C14H15ClN2O4S. The quantitative estimate of drug-likeness (QED) is 0.884. The molecule has 22 heavy (non-hydrogen) atoms. The van der Waals surface area contributed by atoms with Crippen LogP contribution in [0.25, 0.3) is 0 Å². The second-order valence-corrected chi connectivity index (χ2v) is 7.37. The fraction of sp³-hybridized carbons (Fsp3) is 0.429. The summed E-state index contributed by atoms with van der Waals surface area (Å²) in [5, 5.41) is 17.6. The van der Waals surface area contributed by atoms with Gasteiger partial charge in [-0.05, 0) is 37.5 Å². The average molecular weight is 343 g/mol. The molecule has 2 rings (SSSR count). The molecule has 1 N–H and O–H groups in total. The molecule has 0 radical (unpaired) electrons. The number of sulfonamides is 1. The lowest BCUT2D eigenvalue weighted by atomic mass is 10.1. The number of carboxylic acid groups (broad SMARTS) is 1. The molecule has 1 aromatic rings. The highest BCUT2D eigenvalue weighted by Gasteiger charge is 2.36. The Balaban J connectivity index is 2.29. The molecule has 0 amide bonds. The molecule has 6 nitrogen and oxygen atoms in total. The Bertz CT molecular complexity index is 727. The van der Waals surface area contributed by atoms with Gasteiger partial charge in [-0.2, -0.15) is 9.57 Å². The molecule has 1 saturated heterocycles. The largest absolute Gasteiger partial charge is 0.481 e. The zero-order valence-electron chi connectivity index (χ0n) is 11.7. The molecule has 8 heteroatoms. The Hall–Kier alpha value is -1.62. The number of hydrogen-bond acceptors (Lipinski definition) is 4. The maximum absolute atomic E-state index is 12.7. The third-order valence-electron chi connectivity index (χ3n) is 3.66. The van der Waals surface area contributed by atoms with Gasteiger partial charge in [0.15, 0.2) is 0 Å². The summed E-state index contributed by atoms with van der Waals surface area (Å²) in [4.78, 5) is 10.6. The van der Waals surface area contributed by atoms with Crippen molar-refractivity contribution in [2.45, 2.75) is 36.6 Å². The minimum atomic E-state index is -3.79. The number of hydrogen-bond donors (Lipinski definition) is 1. The summed E-state index contributed by atoms with van der Waals surface area (Å²) in [6.07, 6.45) is 1.54. The summed E-state index contributed by atoms with van der Waals surface area (Å²) >= 11 is 6.00. The van der Waals surface area contributed by atoms with Gasteiger partial charge in [0.2, 0.25) is 10.0 Å². The van der Waals surface area contributed by atoms with Crippen molar-refractivity contribution in [3.63, 3.8) is 0 Å². The summed E-state index contributed by atoms with van der Waals surface area (Å²) in [5.41, 5.74) is 0.285. The Labute approximate surface area is 134 Å². The van der Waals surface area contributed by atoms with Crippen molar-refractivity contribution < 1.29 is 18.3 Å². The van der Waals surface area contributed by atoms with Crippen LogP contribution in [0, 0.1) is 11.3 Å². The Morgan fingerprint density at radius 3 is 2.82 bits per heavy atom. The number of rotatable bonds is 5. The summed E-state index contributed by atoms with van der Waals surface area (Å²) in [6.45, 7) is 0.350. The van der Waals surface area contributed by atoms with Gasteiger partial charge in [-0.1, -0.05) is 11.6 Å². The molecule has 0 aromatic heterocycles. The van der Waals surface area contributed by atoms with Crippen molar-refractivity contribution in [1.29, 1.82) is 5.26 Å². The van der Waals surface area contributed by atoms with Gasteiger partial charge < -0.3 is 5.11 Å². The van der Waals surface area contributed by atoms with Gasteiger partial charge in [0.1, 0.15) is 4.90 Å². The first-order valence-electron chi connectivity index (χ1n) is 6.79. The number of nitriles is 1. The van der Waals surface area contributed by atoms with Gasteiger partial charge in [-0.25, -0.2) is 8.42 Å². The van der Waals surface area contributed by atoms with Crippen LogP contribution in [0.2, 0.25) is 5.02 Å². The number of carbonyl (C=O) groups is 1. The smallest absolute Gasteiger partial charge is 0.303 e. The summed E-state index contributed by atoms with van der Waals surface area (Å²) in [5.74, 6) is -0.944. The van der Waals surface area contributed by atoms with Gasteiger partial charge in [0.05, 0.1) is 16.7 Å². The monoisotopic (exact) mass is 342 g/mol. The fourth-order valence-electron chi connectivity index (χ4n) is 2.61. The van der Waals surface area contributed by atoms with Crippen LogP contribution in [0.15, 0.2) is 23.1 Å². The van der Waals surface area contributed by atoms with Crippen molar-refractivity contribution in [2.24, 2.45) is 0 Å². The van der Waals surface area contributed by atoms with Crippen LogP contribution in [-0.4, -0.2) is 36.4 Å². The molecule has 0 saturated carbocycles. The van der Waals surface area contributed by atoms with Crippen LogP contribution < -0.4 is 0 Å². The molecule has 1 unspecified atom stereocenters. The van der Waals surface area contributed by atoms with Gasteiger partial charge >= 0.3 is 5.97 Å². The highest BCUT2D eigenvalue weighted by Crippen LogP contribution is 2.32. The Morgan fingerprint density at radius 1 is 1.50 bits per heavy atom. The third-order valence-corrected chi connectivity index (χ3v) is 6.10. The van der Waals surface area contributed by atoms with E-state index in [4.69, 9.17) is 22.0 Å². The molecule has 1 heterocycles. The lowest BCUT2D eigenvalue weighted by Crippen LogP contribution is -2.36. The lowest BCUT2D eigenvalue weighted by molar-refractivity contribution is -0.137. The number of carboxylic acids is 1. The molecule has 1 aliphatic rings. The highest BCUT2D eigenvalue weighted by atomic mass is 35.5. The fourth-order valence-corrected chi connectivity index (χ4v) is 4.85. The molecular weight excluding hydrogens is 328 g/mol. The van der Waals surface area contributed by atoms with E-state index in [1.54, 1.807) is 0 Å². The molecule has 1 fully saturated rings. The number of aliphatic carboxylic acids is 1. The average Bonchev–Trinajstić information content (AvgIpc) is 2.93. The molecule has 0 bridgehead atoms. The standard InChI is InChI=1S/C14H15ClN2O4S/c15-12-8-10(9-16)3-5-13(12)22(20,21)17-7-1-2-11(17)4-6-14(18)19/h3,5,8,11H,1-2,4,6-7H2,(H,18,19). The zero-order chi connectivity index (χ0) is 16.3. The van der Waals surface area contributed by atoms with Crippen LogP contribution in [0.3, 0.4) is 0 Å². The molecule has 1 aromatic carbocycles. The van der Waals surface area contributed by atoms with Crippen molar-refractivity contribution in [1.82, 2.24) is 4.31 Å². The van der Waals surface area contributed by atoms with E-state index in [1.165, 1.54) is 22.5 Å². The number of benzene rings is 1. The predicted octanol–water partition coefficient (Wildman–Crippen LogP) is 2.23. The van der Waals surface area contributed by atoms with E-state index in [2.05, 4.69) is 0 Å². The van der Waals surface area contributed by atoms with E-state index in [-0.39, 0.29) is 34.4 Å². The third kappa shape index (κ3) is 3.40. The topological polar surface area (TPSA) is 98.5 Å². The van der Waals surface area contributed by atoms with Gasteiger partial charge in [-0.3, -0.25) is 4.79 Å². The molecule has 0 aliphatic carbocycles. The number of nitrogens with zero attached hydrogens (tertiary/aromatic N) is 2. The minimum Gasteiger partial charge on any atom is -0.481 e. The van der Waals surface area contributed by atoms with Gasteiger partial charge in [-0.15, -0.1) is 0 Å². The lowest BCUT2D eigenvalue weighted by Gasteiger charge is -2.24. The first-order valence-corrected chi connectivity index (χ1v) is 8.61.